The summed E-state index contributed by atoms with van der Waals surface area (Å²) in [6.07, 6.45) is 2.21. The summed E-state index contributed by atoms with van der Waals surface area (Å²) in [5, 5.41) is 0. The van der Waals surface area contributed by atoms with E-state index in [4.69, 9.17) is 5.73 Å². The molecule has 0 rings (SSSR count). The fourth-order valence-electron chi connectivity index (χ4n) is 1.12. The van der Waals surface area contributed by atoms with Crippen LogP contribution in [0.25, 0.3) is 0 Å². The lowest BCUT2D eigenvalue weighted by molar-refractivity contribution is 0.295. The molecule has 0 saturated carbocycles. The predicted octanol–water partition coefficient (Wildman–Crippen LogP) is 1.27. The van der Waals surface area contributed by atoms with E-state index in [0.29, 0.717) is 0 Å². The Morgan fingerprint density at radius 1 is 1.36 bits per heavy atom. The smallest absolute Gasteiger partial charge is 0.00398 e. The summed E-state index contributed by atoms with van der Waals surface area (Å²) >= 11 is 0. The molecule has 1 radical (unpaired) electrons. The molecule has 0 aliphatic carbocycles. The SMILES string of the molecule is [CH2]C(N)CCCN(CC)CC. The van der Waals surface area contributed by atoms with Gasteiger partial charge in [-0.05, 0) is 39.4 Å². The van der Waals surface area contributed by atoms with Gasteiger partial charge in [-0.1, -0.05) is 13.8 Å². The van der Waals surface area contributed by atoms with Crippen molar-refractivity contribution >= 4 is 0 Å². The van der Waals surface area contributed by atoms with Gasteiger partial charge >= 0.3 is 0 Å². The Balaban J connectivity index is 3.21. The van der Waals surface area contributed by atoms with Crippen LogP contribution in [0.4, 0.5) is 0 Å². The number of hydrogen-bond donors (Lipinski definition) is 1. The Morgan fingerprint density at radius 2 is 1.91 bits per heavy atom. The molecule has 0 saturated heterocycles. The number of hydrogen-bond acceptors (Lipinski definition) is 2. The Bertz CT molecular complexity index is 77.6. The highest BCUT2D eigenvalue weighted by Gasteiger charge is 1.99. The van der Waals surface area contributed by atoms with Gasteiger partial charge in [0.05, 0.1) is 0 Å². The fourth-order valence-corrected chi connectivity index (χ4v) is 1.12. The highest BCUT2D eigenvalue weighted by molar-refractivity contribution is 4.63. The largest absolute Gasteiger partial charge is 0.328 e. The molecule has 2 N–H and O–H groups in total. The van der Waals surface area contributed by atoms with Gasteiger partial charge in [-0.3, -0.25) is 0 Å². The van der Waals surface area contributed by atoms with Crippen molar-refractivity contribution in [1.29, 1.82) is 0 Å². The van der Waals surface area contributed by atoms with Crippen molar-refractivity contribution in [2.75, 3.05) is 19.6 Å². The van der Waals surface area contributed by atoms with E-state index in [2.05, 4.69) is 25.7 Å². The van der Waals surface area contributed by atoms with Gasteiger partial charge in [0.25, 0.3) is 0 Å². The van der Waals surface area contributed by atoms with Crippen LogP contribution in [0.3, 0.4) is 0 Å². The molecule has 0 aromatic rings. The van der Waals surface area contributed by atoms with E-state index >= 15 is 0 Å². The van der Waals surface area contributed by atoms with Crippen LogP contribution in [0, 0.1) is 6.92 Å². The lowest BCUT2D eigenvalue weighted by atomic mass is 10.2. The summed E-state index contributed by atoms with van der Waals surface area (Å²) in [4.78, 5) is 2.41. The van der Waals surface area contributed by atoms with E-state index in [9.17, 15) is 0 Å². The molecule has 11 heavy (non-hydrogen) atoms. The van der Waals surface area contributed by atoms with E-state index in [1.165, 1.54) is 6.42 Å². The van der Waals surface area contributed by atoms with Gasteiger partial charge < -0.3 is 10.6 Å². The lowest BCUT2D eigenvalue weighted by Gasteiger charge is -2.17. The Morgan fingerprint density at radius 3 is 2.27 bits per heavy atom. The summed E-state index contributed by atoms with van der Waals surface area (Å²) in [5.41, 5.74) is 5.53. The summed E-state index contributed by atoms with van der Waals surface area (Å²) in [6, 6.07) is 0.116. The van der Waals surface area contributed by atoms with Crippen LogP contribution < -0.4 is 5.73 Å². The second kappa shape index (κ2) is 6.62. The standard InChI is InChI=1S/C9H21N2/c1-4-11(5-2)8-6-7-9(3)10/h9H,3-8,10H2,1-2H3. The maximum Gasteiger partial charge on any atom is 0.00398 e. The van der Waals surface area contributed by atoms with E-state index in [0.717, 1.165) is 26.1 Å². The Labute approximate surface area is 70.8 Å². The normalized spacial score (nSPS) is 13.9. The minimum absolute atomic E-state index is 0.116. The first-order chi connectivity index (χ1) is 5.20. The molecule has 0 fully saturated rings. The first kappa shape index (κ1) is 10.9. The quantitative estimate of drug-likeness (QED) is 0.629. The van der Waals surface area contributed by atoms with Crippen LogP contribution in [0.15, 0.2) is 0 Å². The predicted molar refractivity (Wildman–Crippen MR) is 50.4 cm³/mol. The van der Waals surface area contributed by atoms with E-state index in [-0.39, 0.29) is 6.04 Å². The molecule has 0 amide bonds. The second-order valence-electron chi connectivity index (χ2n) is 2.93. The van der Waals surface area contributed by atoms with Gasteiger partial charge in [-0.15, -0.1) is 0 Å². The summed E-state index contributed by atoms with van der Waals surface area (Å²) < 4.78 is 0. The zero-order chi connectivity index (χ0) is 8.69. The Kier molecular flexibility index (Phi) is 6.57. The molecular weight excluding hydrogens is 136 g/mol. The van der Waals surface area contributed by atoms with Gasteiger partial charge in [0.2, 0.25) is 0 Å². The number of nitrogens with two attached hydrogens (primary N) is 1. The molecule has 0 aromatic carbocycles. The van der Waals surface area contributed by atoms with E-state index in [1.807, 2.05) is 0 Å². The van der Waals surface area contributed by atoms with Crippen molar-refractivity contribution in [2.24, 2.45) is 5.73 Å². The molecule has 0 bridgehead atoms. The van der Waals surface area contributed by atoms with Crippen LogP contribution in [-0.2, 0) is 0 Å². The maximum absolute atomic E-state index is 5.53. The van der Waals surface area contributed by atoms with Gasteiger partial charge in [-0.2, -0.15) is 0 Å². The third kappa shape index (κ3) is 6.32. The minimum atomic E-state index is 0.116. The molecule has 67 valence electrons. The fraction of sp³-hybridized carbons (Fsp3) is 0.889. The van der Waals surface area contributed by atoms with E-state index < -0.39 is 0 Å². The number of nitrogens with zero attached hydrogens (tertiary/aromatic N) is 1. The zero-order valence-electron chi connectivity index (χ0n) is 7.84. The first-order valence-corrected chi connectivity index (χ1v) is 4.51. The zero-order valence-corrected chi connectivity index (χ0v) is 7.84. The topological polar surface area (TPSA) is 29.3 Å². The monoisotopic (exact) mass is 157 g/mol. The van der Waals surface area contributed by atoms with Crippen molar-refractivity contribution in [3.63, 3.8) is 0 Å². The van der Waals surface area contributed by atoms with E-state index in [1.54, 1.807) is 0 Å². The third-order valence-electron chi connectivity index (χ3n) is 1.94. The summed E-state index contributed by atoms with van der Waals surface area (Å²) in [5.74, 6) is 0. The molecule has 0 heterocycles. The van der Waals surface area contributed by atoms with Gasteiger partial charge in [0.1, 0.15) is 0 Å². The molecule has 0 aliphatic heterocycles. The highest BCUT2D eigenvalue weighted by atomic mass is 15.1. The molecule has 2 nitrogen and oxygen atoms in total. The van der Waals surface area contributed by atoms with Gasteiger partial charge in [-0.25, -0.2) is 0 Å². The van der Waals surface area contributed by atoms with Gasteiger partial charge in [0, 0.05) is 6.04 Å². The Hall–Kier alpha value is -0.0800. The molecule has 0 aliphatic rings. The minimum Gasteiger partial charge on any atom is -0.328 e. The molecular formula is C9H21N2. The lowest BCUT2D eigenvalue weighted by Crippen LogP contribution is -2.25. The average molecular weight is 157 g/mol. The van der Waals surface area contributed by atoms with Gasteiger partial charge in [0.15, 0.2) is 0 Å². The van der Waals surface area contributed by atoms with Crippen molar-refractivity contribution in [2.45, 2.75) is 32.7 Å². The molecule has 0 aromatic heterocycles. The number of rotatable bonds is 6. The maximum atomic E-state index is 5.53. The average Bonchev–Trinajstić information content (AvgIpc) is 1.98. The van der Waals surface area contributed by atoms with Crippen LogP contribution in [0.1, 0.15) is 26.7 Å². The van der Waals surface area contributed by atoms with Crippen LogP contribution in [0.5, 0.6) is 0 Å². The molecule has 0 spiro atoms. The molecule has 1 atom stereocenters. The third-order valence-corrected chi connectivity index (χ3v) is 1.94. The van der Waals surface area contributed by atoms with Crippen molar-refractivity contribution < 1.29 is 0 Å². The van der Waals surface area contributed by atoms with Crippen LogP contribution in [0.2, 0.25) is 0 Å². The molecule has 1 unspecified atom stereocenters. The van der Waals surface area contributed by atoms with Crippen LogP contribution >= 0.6 is 0 Å². The highest BCUT2D eigenvalue weighted by Crippen LogP contribution is 1.96. The summed E-state index contributed by atoms with van der Waals surface area (Å²) in [7, 11) is 0. The first-order valence-electron chi connectivity index (χ1n) is 4.51. The summed E-state index contributed by atoms with van der Waals surface area (Å²) in [6.45, 7) is 11.6. The van der Waals surface area contributed by atoms with Crippen LogP contribution in [-0.4, -0.2) is 30.6 Å². The molecule has 2 heteroatoms. The van der Waals surface area contributed by atoms with Crippen molar-refractivity contribution in [1.82, 2.24) is 4.90 Å². The van der Waals surface area contributed by atoms with Crippen molar-refractivity contribution in [3.8, 4) is 0 Å². The second-order valence-corrected chi connectivity index (χ2v) is 2.93. The van der Waals surface area contributed by atoms with Crippen molar-refractivity contribution in [3.05, 3.63) is 6.92 Å².